The van der Waals surface area contributed by atoms with Gasteiger partial charge in [-0.25, -0.2) is 0 Å². The van der Waals surface area contributed by atoms with E-state index in [0.29, 0.717) is 0 Å². The van der Waals surface area contributed by atoms with E-state index in [-0.39, 0.29) is 5.91 Å². The third-order valence-corrected chi connectivity index (χ3v) is 0.485. The van der Waals surface area contributed by atoms with Crippen LogP contribution in [0.25, 0.3) is 0 Å². The van der Waals surface area contributed by atoms with E-state index in [4.69, 9.17) is 0 Å². The van der Waals surface area contributed by atoms with E-state index in [9.17, 15) is 9.59 Å². The van der Waals surface area contributed by atoms with Crippen LogP contribution in [0.3, 0.4) is 0 Å². The van der Waals surface area contributed by atoms with Gasteiger partial charge in [0.2, 0.25) is 11.8 Å². The van der Waals surface area contributed by atoms with Gasteiger partial charge in [-0.2, -0.15) is 0 Å². The number of amides is 2. The van der Waals surface area contributed by atoms with Crippen LogP contribution in [0.15, 0.2) is 12.7 Å². The van der Waals surface area contributed by atoms with Gasteiger partial charge < -0.3 is 0 Å². The molecular formula is C5H7NO2. The maximum atomic E-state index is 10.2. The lowest BCUT2D eigenvalue weighted by molar-refractivity contribution is -0.126. The number of rotatable bonds is 1. The molecule has 0 heterocycles. The Kier molecular flexibility index (Phi) is 2.54. The SMILES string of the molecule is C=CC(=O)NC(C)=O. The summed E-state index contributed by atoms with van der Waals surface area (Å²) in [5.74, 6) is -0.826. The Morgan fingerprint density at radius 1 is 1.62 bits per heavy atom. The van der Waals surface area contributed by atoms with Crippen molar-refractivity contribution in [3.05, 3.63) is 12.7 Å². The largest absolute Gasteiger partial charge is 0.293 e. The third kappa shape index (κ3) is 3.08. The number of carbonyl (C=O) groups excluding carboxylic acids is 2. The lowest BCUT2D eigenvalue weighted by Gasteiger charge is -1.89. The zero-order valence-corrected chi connectivity index (χ0v) is 4.60. The standard InChI is InChI=1S/C5H7NO2/c1-3-5(8)6-4(2)7/h3H,1H2,2H3,(H,6,7,8). The number of nitrogens with one attached hydrogen (secondary N) is 1. The Balaban J connectivity index is 3.55. The first-order chi connectivity index (χ1) is 3.66. The first-order valence-electron chi connectivity index (χ1n) is 2.11. The van der Waals surface area contributed by atoms with Crippen molar-refractivity contribution in [1.82, 2.24) is 5.32 Å². The summed E-state index contributed by atoms with van der Waals surface area (Å²) in [6.07, 6.45) is 1.04. The Morgan fingerprint density at radius 3 is 2.25 bits per heavy atom. The van der Waals surface area contributed by atoms with Gasteiger partial charge in [0.05, 0.1) is 0 Å². The van der Waals surface area contributed by atoms with Crippen molar-refractivity contribution in [2.75, 3.05) is 0 Å². The second-order valence-electron chi connectivity index (χ2n) is 1.25. The van der Waals surface area contributed by atoms with Crippen molar-refractivity contribution >= 4 is 11.8 Å². The van der Waals surface area contributed by atoms with Crippen LogP contribution in [0, 0.1) is 0 Å². The number of hydrogen-bond acceptors (Lipinski definition) is 2. The number of hydrogen-bond donors (Lipinski definition) is 1. The van der Waals surface area contributed by atoms with E-state index in [1.807, 2.05) is 5.32 Å². The highest BCUT2D eigenvalue weighted by Gasteiger charge is 1.93. The molecule has 0 fully saturated rings. The molecule has 0 spiro atoms. The molecule has 0 saturated heterocycles. The van der Waals surface area contributed by atoms with Crippen molar-refractivity contribution in [1.29, 1.82) is 0 Å². The smallest absolute Gasteiger partial charge is 0.249 e. The van der Waals surface area contributed by atoms with E-state index < -0.39 is 5.91 Å². The van der Waals surface area contributed by atoms with Gasteiger partial charge in [-0.15, -0.1) is 0 Å². The molecule has 0 bridgehead atoms. The first-order valence-corrected chi connectivity index (χ1v) is 2.11. The number of imide groups is 1. The summed E-state index contributed by atoms with van der Waals surface area (Å²) in [6, 6.07) is 0. The summed E-state index contributed by atoms with van der Waals surface area (Å²) in [5, 5.41) is 2.00. The van der Waals surface area contributed by atoms with Gasteiger partial charge in [0.1, 0.15) is 0 Å². The van der Waals surface area contributed by atoms with Crippen molar-refractivity contribution < 1.29 is 9.59 Å². The zero-order chi connectivity index (χ0) is 6.57. The highest BCUT2D eigenvalue weighted by Crippen LogP contribution is 1.64. The molecule has 0 aromatic rings. The molecule has 3 heteroatoms. The maximum Gasteiger partial charge on any atom is 0.249 e. The van der Waals surface area contributed by atoms with E-state index in [2.05, 4.69) is 6.58 Å². The highest BCUT2D eigenvalue weighted by molar-refractivity contribution is 5.99. The van der Waals surface area contributed by atoms with Crippen LogP contribution >= 0.6 is 0 Å². The molecule has 0 aromatic heterocycles. The van der Waals surface area contributed by atoms with Crippen molar-refractivity contribution in [2.45, 2.75) is 6.92 Å². The van der Waals surface area contributed by atoms with Gasteiger partial charge in [0.25, 0.3) is 0 Å². The van der Waals surface area contributed by atoms with Crippen LogP contribution in [0.1, 0.15) is 6.92 Å². The minimum absolute atomic E-state index is 0.366. The Morgan fingerprint density at radius 2 is 2.12 bits per heavy atom. The molecule has 3 nitrogen and oxygen atoms in total. The monoisotopic (exact) mass is 113 g/mol. The molecule has 44 valence electrons. The van der Waals surface area contributed by atoms with Crippen molar-refractivity contribution in [3.63, 3.8) is 0 Å². The Bertz CT molecular complexity index is 128. The van der Waals surface area contributed by atoms with Gasteiger partial charge in [-0.1, -0.05) is 6.58 Å². The van der Waals surface area contributed by atoms with E-state index in [1.165, 1.54) is 6.92 Å². The van der Waals surface area contributed by atoms with Crippen LogP contribution in [-0.2, 0) is 9.59 Å². The summed E-state index contributed by atoms with van der Waals surface area (Å²) in [4.78, 5) is 20.2. The molecular weight excluding hydrogens is 106 g/mol. The molecule has 0 aliphatic rings. The molecule has 0 unspecified atom stereocenters. The molecule has 0 saturated carbocycles. The average Bonchev–Trinajstić information content (AvgIpc) is 1.65. The lowest BCUT2D eigenvalue weighted by atomic mass is 10.5. The summed E-state index contributed by atoms with van der Waals surface area (Å²) in [5.41, 5.74) is 0. The average molecular weight is 113 g/mol. The molecule has 0 rings (SSSR count). The topological polar surface area (TPSA) is 46.2 Å². The fourth-order valence-electron chi connectivity index (χ4n) is 0.225. The minimum Gasteiger partial charge on any atom is -0.293 e. The van der Waals surface area contributed by atoms with Gasteiger partial charge in [-0.3, -0.25) is 14.9 Å². The molecule has 0 aromatic carbocycles. The predicted octanol–water partition coefficient (Wildman–Crippen LogP) is -0.165. The second-order valence-corrected chi connectivity index (χ2v) is 1.25. The van der Waals surface area contributed by atoms with E-state index >= 15 is 0 Å². The van der Waals surface area contributed by atoms with Crippen molar-refractivity contribution in [2.24, 2.45) is 0 Å². The summed E-state index contributed by atoms with van der Waals surface area (Å²) in [7, 11) is 0. The highest BCUT2D eigenvalue weighted by atomic mass is 16.2. The molecule has 8 heavy (non-hydrogen) atoms. The Labute approximate surface area is 47.4 Å². The molecule has 0 aliphatic carbocycles. The predicted molar refractivity (Wildman–Crippen MR) is 29.0 cm³/mol. The lowest BCUT2D eigenvalue weighted by Crippen LogP contribution is -2.25. The minimum atomic E-state index is -0.461. The first kappa shape index (κ1) is 6.88. The number of carbonyl (C=O) groups is 2. The van der Waals surface area contributed by atoms with Crippen molar-refractivity contribution in [3.8, 4) is 0 Å². The van der Waals surface area contributed by atoms with Gasteiger partial charge >= 0.3 is 0 Å². The molecule has 0 aliphatic heterocycles. The second kappa shape index (κ2) is 2.96. The van der Waals surface area contributed by atoms with Gasteiger partial charge in [-0.05, 0) is 6.08 Å². The van der Waals surface area contributed by atoms with Crippen LogP contribution < -0.4 is 5.32 Å². The summed E-state index contributed by atoms with van der Waals surface area (Å²) >= 11 is 0. The Hall–Kier alpha value is -1.12. The fraction of sp³-hybridized carbons (Fsp3) is 0.200. The van der Waals surface area contributed by atoms with E-state index in [0.717, 1.165) is 6.08 Å². The van der Waals surface area contributed by atoms with Crippen LogP contribution in [0.4, 0.5) is 0 Å². The van der Waals surface area contributed by atoms with Gasteiger partial charge in [0, 0.05) is 6.92 Å². The van der Waals surface area contributed by atoms with Crippen LogP contribution in [0.2, 0.25) is 0 Å². The molecule has 2 amide bonds. The van der Waals surface area contributed by atoms with E-state index in [1.54, 1.807) is 0 Å². The van der Waals surface area contributed by atoms with Crippen LogP contribution in [0.5, 0.6) is 0 Å². The van der Waals surface area contributed by atoms with Crippen LogP contribution in [-0.4, -0.2) is 11.8 Å². The van der Waals surface area contributed by atoms with Gasteiger partial charge in [0.15, 0.2) is 0 Å². The fourth-order valence-corrected chi connectivity index (χ4v) is 0.225. The normalized spacial score (nSPS) is 7.62. The third-order valence-electron chi connectivity index (χ3n) is 0.485. The maximum absolute atomic E-state index is 10.2. The quantitative estimate of drug-likeness (QED) is 0.480. The summed E-state index contributed by atoms with van der Waals surface area (Å²) < 4.78 is 0. The molecule has 1 N–H and O–H groups in total. The molecule has 0 radical (unpaired) electrons. The molecule has 0 atom stereocenters. The zero-order valence-electron chi connectivity index (χ0n) is 4.60. The summed E-state index contributed by atoms with van der Waals surface area (Å²) in [6.45, 7) is 4.41.